The molecule has 96 valence electrons. The van der Waals surface area contributed by atoms with Gasteiger partial charge in [0.25, 0.3) is 0 Å². The summed E-state index contributed by atoms with van der Waals surface area (Å²) in [6, 6.07) is 2.20. The maximum atomic E-state index is 3.54. The van der Waals surface area contributed by atoms with Gasteiger partial charge in [-0.05, 0) is 43.4 Å². The van der Waals surface area contributed by atoms with Gasteiger partial charge in [0.1, 0.15) is 0 Å². The Kier molecular flexibility index (Phi) is 5.45. The fraction of sp³-hybridized carbons (Fsp3) is 0.692. The summed E-state index contributed by atoms with van der Waals surface area (Å²) in [5.41, 5.74) is 1.42. The Bertz CT molecular complexity index is 318. The van der Waals surface area contributed by atoms with E-state index in [1.165, 1.54) is 36.5 Å². The van der Waals surface area contributed by atoms with Gasteiger partial charge in [-0.3, -0.25) is 0 Å². The molecule has 2 rings (SSSR count). The zero-order valence-corrected chi connectivity index (χ0v) is 11.5. The van der Waals surface area contributed by atoms with Crippen LogP contribution in [-0.4, -0.2) is 44.2 Å². The largest absolute Gasteiger partial charge is 0.314 e. The van der Waals surface area contributed by atoms with Crippen LogP contribution in [0, 0.1) is 6.92 Å². The third-order valence-corrected chi connectivity index (χ3v) is 4.31. The molecule has 0 aromatic carbocycles. The lowest BCUT2D eigenvalue weighted by molar-refractivity contribution is 0.237. The second-order valence-corrected chi connectivity index (χ2v) is 5.65. The molecule has 0 atom stereocenters. The number of nitrogens with one attached hydrogen (secondary N) is 2. The minimum atomic E-state index is 1.03. The second kappa shape index (κ2) is 7.11. The lowest BCUT2D eigenvalue weighted by Gasteiger charge is -2.27. The van der Waals surface area contributed by atoms with Crippen molar-refractivity contribution in [1.82, 2.24) is 15.5 Å². The van der Waals surface area contributed by atoms with Crippen molar-refractivity contribution in [1.29, 1.82) is 0 Å². The quantitative estimate of drug-likeness (QED) is 0.751. The van der Waals surface area contributed by atoms with E-state index >= 15 is 0 Å². The molecule has 0 unspecified atom stereocenters. The molecule has 0 amide bonds. The van der Waals surface area contributed by atoms with E-state index < -0.39 is 0 Å². The smallest absolute Gasteiger partial charge is 0.0302 e. The van der Waals surface area contributed by atoms with Gasteiger partial charge in [-0.15, -0.1) is 11.3 Å². The van der Waals surface area contributed by atoms with Crippen LogP contribution in [0.4, 0.5) is 0 Å². The molecule has 1 aromatic rings. The minimum absolute atomic E-state index is 1.03. The average molecular weight is 253 g/mol. The zero-order valence-electron chi connectivity index (χ0n) is 10.7. The van der Waals surface area contributed by atoms with Gasteiger partial charge in [-0.2, -0.15) is 0 Å². The van der Waals surface area contributed by atoms with E-state index in [0.29, 0.717) is 0 Å². The number of hydrogen-bond donors (Lipinski definition) is 2. The van der Waals surface area contributed by atoms with Crippen LogP contribution in [0.3, 0.4) is 0 Å². The van der Waals surface area contributed by atoms with Crippen LogP contribution in [0.15, 0.2) is 11.4 Å². The third-order valence-electron chi connectivity index (χ3n) is 3.29. The van der Waals surface area contributed by atoms with Crippen LogP contribution >= 0.6 is 11.3 Å². The molecule has 0 saturated carbocycles. The second-order valence-electron chi connectivity index (χ2n) is 4.65. The van der Waals surface area contributed by atoms with Crippen molar-refractivity contribution < 1.29 is 0 Å². The summed E-state index contributed by atoms with van der Waals surface area (Å²) in [5, 5.41) is 9.10. The predicted molar refractivity (Wildman–Crippen MR) is 74.7 cm³/mol. The predicted octanol–water partition coefficient (Wildman–Crippen LogP) is 1.44. The molecule has 4 heteroatoms. The van der Waals surface area contributed by atoms with E-state index in [0.717, 1.165) is 26.2 Å². The van der Waals surface area contributed by atoms with E-state index in [9.17, 15) is 0 Å². The molecule has 0 bridgehead atoms. The SMILES string of the molecule is Cc1ccsc1CNCCCN1CCNCC1. The topological polar surface area (TPSA) is 27.3 Å². The van der Waals surface area contributed by atoms with E-state index in [1.54, 1.807) is 0 Å². The highest BCUT2D eigenvalue weighted by Crippen LogP contribution is 2.14. The number of piperazine rings is 1. The number of nitrogens with zero attached hydrogens (tertiary/aromatic N) is 1. The van der Waals surface area contributed by atoms with Gasteiger partial charge in [0.2, 0.25) is 0 Å². The summed E-state index contributed by atoms with van der Waals surface area (Å²) in [4.78, 5) is 4.03. The molecule has 17 heavy (non-hydrogen) atoms. The van der Waals surface area contributed by atoms with Crippen molar-refractivity contribution in [2.45, 2.75) is 19.9 Å². The Morgan fingerprint density at radius 1 is 1.41 bits per heavy atom. The first-order valence-corrected chi connectivity index (χ1v) is 7.41. The van der Waals surface area contributed by atoms with Crippen LogP contribution in [0.25, 0.3) is 0 Å². The number of aryl methyl sites for hydroxylation is 1. The molecule has 3 nitrogen and oxygen atoms in total. The first kappa shape index (κ1) is 13.0. The molecule has 1 aliphatic heterocycles. The Morgan fingerprint density at radius 2 is 2.24 bits per heavy atom. The number of hydrogen-bond acceptors (Lipinski definition) is 4. The molecular weight excluding hydrogens is 230 g/mol. The standard InChI is InChI=1S/C13H23N3S/c1-12-3-10-17-13(12)11-15-4-2-7-16-8-5-14-6-9-16/h3,10,14-15H,2,4-9,11H2,1H3. The Labute approximate surface area is 108 Å². The van der Waals surface area contributed by atoms with Crippen molar-refractivity contribution in [3.05, 3.63) is 21.9 Å². The Hall–Kier alpha value is -0.420. The maximum absolute atomic E-state index is 3.54. The highest BCUT2D eigenvalue weighted by Gasteiger charge is 2.08. The minimum Gasteiger partial charge on any atom is -0.314 e. The maximum Gasteiger partial charge on any atom is 0.0302 e. The van der Waals surface area contributed by atoms with Crippen LogP contribution in [-0.2, 0) is 6.54 Å². The highest BCUT2D eigenvalue weighted by molar-refractivity contribution is 7.10. The van der Waals surface area contributed by atoms with Gasteiger partial charge in [-0.25, -0.2) is 0 Å². The van der Waals surface area contributed by atoms with Crippen LogP contribution in [0.2, 0.25) is 0 Å². The molecule has 0 spiro atoms. The first-order valence-electron chi connectivity index (χ1n) is 6.53. The summed E-state index contributed by atoms with van der Waals surface area (Å²) in [7, 11) is 0. The molecule has 1 aliphatic rings. The van der Waals surface area contributed by atoms with E-state index in [2.05, 4.69) is 33.9 Å². The Balaban J connectivity index is 1.53. The van der Waals surface area contributed by atoms with Gasteiger partial charge in [0, 0.05) is 37.6 Å². The fourth-order valence-corrected chi connectivity index (χ4v) is 3.03. The summed E-state index contributed by atoms with van der Waals surface area (Å²) in [5.74, 6) is 0. The lowest BCUT2D eigenvalue weighted by atomic mass is 10.3. The van der Waals surface area contributed by atoms with Crippen molar-refractivity contribution in [3.8, 4) is 0 Å². The molecule has 0 radical (unpaired) electrons. The average Bonchev–Trinajstić information content (AvgIpc) is 2.76. The Morgan fingerprint density at radius 3 is 2.94 bits per heavy atom. The summed E-state index contributed by atoms with van der Waals surface area (Å²) >= 11 is 1.85. The molecule has 1 fully saturated rings. The summed E-state index contributed by atoms with van der Waals surface area (Å²) < 4.78 is 0. The van der Waals surface area contributed by atoms with Gasteiger partial charge in [0.15, 0.2) is 0 Å². The van der Waals surface area contributed by atoms with E-state index in [1.807, 2.05) is 11.3 Å². The van der Waals surface area contributed by atoms with Crippen LogP contribution in [0.1, 0.15) is 16.9 Å². The van der Waals surface area contributed by atoms with Crippen molar-refractivity contribution >= 4 is 11.3 Å². The number of rotatable bonds is 6. The van der Waals surface area contributed by atoms with Crippen LogP contribution < -0.4 is 10.6 Å². The molecule has 2 heterocycles. The molecule has 1 aromatic heterocycles. The van der Waals surface area contributed by atoms with Gasteiger partial charge < -0.3 is 15.5 Å². The lowest BCUT2D eigenvalue weighted by Crippen LogP contribution is -2.44. The molecular formula is C13H23N3S. The van der Waals surface area contributed by atoms with Crippen molar-refractivity contribution in [2.75, 3.05) is 39.3 Å². The molecule has 0 aliphatic carbocycles. The highest BCUT2D eigenvalue weighted by atomic mass is 32.1. The monoisotopic (exact) mass is 253 g/mol. The first-order chi connectivity index (χ1) is 8.36. The van der Waals surface area contributed by atoms with Crippen LogP contribution in [0.5, 0.6) is 0 Å². The normalized spacial score (nSPS) is 17.5. The van der Waals surface area contributed by atoms with E-state index in [4.69, 9.17) is 0 Å². The van der Waals surface area contributed by atoms with E-state index in [-0.39, 0.29) is 0 Å². The molecule has 2 N–H and O–H groups in total. The third kappa shape index (κ3) is 4.39. The van der Waals surface area contributed by atoms with Gasteiger partial charge in [0.05, 0.1) is 0 Å². The fourth-order valence-electron chi connectivity index (χ4n) is 2.15. The van der Waals surface area contributed by atoms with Gasteiger partial charge >= 0.3 is 0 Å². The van der Waals surface area contributed by atoms with Crippen molar-refractivity contribution in [3.63, 3.8) is 0 Å². The summed E-state index contributed by atoms with van der Waals surface area (Å²) in [6.07, 6.45) is 1.25. The van der Waals surface area contributed by atoms with Crippen molar-refractivity contribution in [2.24, 2.45) is 0 Å². The number of thiophene rings is 1. The van der Waals surface area contributed by atoms with Gasteiger partial charge in [-0.1, -0.05) is 0 Å². The molecule has 1 saturated heterocycles. The summed E-state index contributed by atoms with van der Waals surface area (Å²) in [6.45, 7) is 10.3. The zero-order chi connectivity index (χ0) is 11.9.